The molecule has 0 saturated carbocycles. The SMILES string of the molecule is FC(F)=C(F)OC(F)(F)C(F)(F)CI. The van der Waals surface area contributed by atoms with Gasteiger partial charge < -0.3 is 4.74 Å². The first-order valence-corrected chi connectivity index (χ1v) is 4.38. The lowest BCUT2D eigenvalue weighted by Gasteiger charge is -2.23. The molecule has 9 heteroatoms. The molecule has 0 aliphatic heterocycles. The fourth-order valence-electron chi connectivity index (χ4n) is 0.304. The van der Waals surface area contributed by atoms with Crippen LogP contribution in [-0.4, -0.2) is 16.5 Å². The first-order valence-electron chi connectivity index (χ1n) is 2.85. The second kappa shape index (κ2) is 4.53. The largest absolute Gasteiger partial charge is 0.466 e. The third-order valence-corrected chi connectivity index (χ3v) is 1.92. The molecule has 0 radical (unpaired) electrons. The van der Waals surface area contributed by atoms with Crippen molar-refractivity contribution in [3.8, 4) is 0 Å². The van der Waals surface area contributed by atoms with Crippen LogP contribution in [0, 0.1) is 0 Å². The van der Waals surface area contributed by atoms with Crippen LogP contribution in [0.4, 0.5) is 30.7 Å². The quantitative estimate of drug-likeness (QED) is 0.329. The van der Waals surface area contributed by atoms with E-state index in [2.05, 4.69) is 4.74 Å². The Labute approximate surface area is 87.0 Å². The summed E-state index contributed by atoms with van der Waals surface area (Å²) in [6, 6.07) is -3.01. The fraction of sp³-hybridized carbons (Fsp3) is 0.600. The predicted molar refractivity (Wildman–Crippen MR) is 40.2 cm³/mol. The van der Waals surface area contributed by atoms with E-state index in [0.717, 1.165) is 22.6 Å². The van der Waals surface area contributed by atoms with E-state index in [9.17, 15) is 30.7 Å². The number of halogens is 8. The first-order chi connectivity index (χ1) is 6.14. The van der Waals surface area contributed by atoms with Crippen molar-refractivity contribution in [2.24, 2.45) is 0 Å². The second-order valence-corrected chi connectivity index (χ2v) is 2.75. The van der Waals surface area contributed by atoms with Crippen LogP contribution < -0.4 is 0 Å². The molecule has 0 spiro atoms. The molecule has 0 unspecified atom stereocenters. The standard InChI is InChI=1S/C5H2F7IO/c6-2(7)3(8)14-5(11,12)4(9,10)1-13/h1H2. The van der Waals surface area contributed by atoms with Crippen LogP contribution in [0.3, 0.4) is 0 Å². The zero-order valence-corrected chi connectivity index (χ0v) is 8.30. The van der Waals surface area contributed by atoms with Crippen LogP contribution in [0.5, 0.6) is 0 Å². The lowest BCUT2D eigenvalue weighted by molar-refractivity contribution is -0.330. The van der Waals surface area contributed by atoms with Gasteiger partial charge in [-0.3, -0.25) is 0 Å². The summed E-state index contributed by atoms with van der Waals surface area (Å²) in [5.41, 5.74) is 0. The maximum absolute atomic E-state index is 12.2. The third kappa shape index (κ3) is 3.17. The Kier molecular flexibility index (Phi) is 4.46. The van der Waals surface area contributed by atoms with Crippen molar-refractivity contribution < 1.29 is 35.5 Å². The summed E-state index contributed by atoms with van der Waals surface area (Å²) in [6.07, 6.45) is -8.53. The van der Waals surface area contributed by atoms with E-state index in [1.165, 1.54) is 0 Å². The van der Waals surface area contributed by atoms with Crippen LogP contribution in [0.25, 0.3) is 0 Å². The summed E-state index contributed by atoms with van der Waals surface area (Å²) in [6.45, 7) is 0. The van der Waals surface area contributed by atoms with E-state index in [1.54, 1.807) is 0 Å². The van der Waals surface area contributed by atoms with Crippen molar-refractivity contribution in [2.75, 3.05) is 4.43 Å². The van der Waals surface area contributed by atoms with E-state index < -0.39 is 28.6 Å². The highest BCUT2D eigenvalue weighted by Gasteiger charge is 2.59. The molecule has 1 nitrogen and oxygen atoms in total. The summed E-state index contributed by atoms with van der Waals surface area (Å²) in [5.74, 6) is -4.72. The molecular formula is C5H2F7IO. The van der Waals surface area contributed by atoms with Crippen LogP contribution >= 0.6 is 22.6 Å². The summed E-state index contributed by atoms with van der Waals surface area (Å²) in [5, 5.41) is 0. The first kappa shape index (κ1) is 13.8. The Hall–Kier alpha value is -0.220. The van der Waals surface area contributed by atoms with Crippen LogP contribution in [0.15, 0.2) is 12.1 Å². The molecule has 0 saturated heterocycles. The van der Waals surface area contributed by atoms with E-state index in [1.807, 2.05) is 0 Å². The molecule has 84 valence electrons. The van der Waals surface area contributed by atoms with Gasteiger partial charge in [0.2, 0.25) is 0 Å². The van der Waals surface area contributed by atoms with E-state index in [4.69, 9.17) is 0 Å². The molecular weight excluding hydrogens is 336 g/mol. The van der Waals surface area contributed by atoms with Gasteiger partial charge in [-0.15, -0.1) is 0 Å². The minimum atomic E-state index is -5.30. The topological polar surface area (TPSA) is 9.23 Å². The molecule has 0 aromatic heterocycles. The highest BCUT2D eigenvalue weighted by molar-refractivity contribution is 14.1. The van der Waals surface area contributed by atoms with Gasteiger partial charge in [-0.1, -0.05) is 22.6 Å². The molecule has 0 N–H and O–H groups in total. The maximum Gasteiger partial charge on any atom is 0.466 e. The highest BCUT2D eigenvalue weighted by Crippen LogP contribution is 2.39. The van der Waals surface area contributed by atoms with Crippen molar-refractivity contribution in [3.05, 3.63) is 12.1 Å². The average molecular weight is 338 g/mol. The molecule has 0 aromatic carbocycles. The van der Waals surface area contributed by atoms with Gasteiger partial charge >= 0.3 is 24.1 Å². The Morgan fingerprint density at radius 3 is 1.79 bits per heavy atom. The monoisotopic (exact) mass is 338 g/mol. The third-order valence-electron chi connectivity index (χ3n) is 0.960. The fourth-order valence-corrected chi connectivity index (χ4v) is 0.748. The number of alkyl halides is 5. The average Bonchev–Trinajstić information content (AvgIpc) is 2.03. The molecule has 0 atom stereocenters. The van der Waals surface area contributed by atoms with Gasteiger partial charge in [-0.05, 0) is 0 Å². The van der Waals surface area contributed by atoms with Gasteiger partial charge in [0.05, 0.1) is 4.43 Å². The van der Waals surface area contributed by atoms with E-state index in [0.29, 0.717) is 0 Å². The summed E-state index contributed by atoms with van der Waals surface area (Å²) < 4.78 is 84.3. The van der Waals surface area contributed by atoms with E-state index >= 15 is 0 Å². The zero-order valence-electron chi connectivity index (χ0n) is 6.14. The number of rotatable bonds is 4. The van der Waals surface area contributed by atoms with Gasteiger partial charge in [0.15, 0.2) is 0 Å². The van der Waals surface area contributed by atoms with Gasteiger partial charge in [-0.25, -0.2) is 0 Å². The lowest BCUT2D eigenvalue weighted by atomic mass is 10.4. The minimum Gasteiger partial charge on any atom is -0.398 e. The molecule has 0 rings (SSSR count). The highest BCUT2D eigenvalue weighted by atomic mass is 127. The molecule has 0 bridgehead atoms. The van der Waals surface area contributed by atoms with Crippen LogP contribution in [0.2, 0.25) is 0 Å². The van der Waals surface area contributed by atoms with Crippen LogP contribution in [-0.2, 0) is 4.74 Å². The molecule has 0 aliphatic rings. The Bertz CT molecular complexity index is 234. The molecule has 14 heavy (non-hydrogen) atoms. The van der Waals surface area contributed by atoms with Gasteiger partial charge in [-0.2, -0.15) is 30.7 Å². The maximum atomic E-state index is 12.2. The molecule has 0 aromatic rings. The molecule has 0 aliphatic carbocycles. The normalized spacial score (nSPS) is 12.6. The zero-order chi connectivity index (χ0) is 11.6. The van der Waals surface area contributed by atoms with Crippen LogP contribution in [0.1, 0.15) is 0 Å². The van der Waals surface area contributed by atoms with Crippen molar-refractivity contribution in [2.45, 2.75) is 12.0 Å². The predicted octanol–water partition coefficient (Wildman–Crippen LogP) is 3.70. The molecule has 0 fully saturated rings. The van der Waals surface area contributed by atoms with Crippen molar-refractivity contribution in [1.82, 2.24) is 0 Å². The Morgan fingerprint density at radius 2 is 1.50 bits per heavy atom. The van der Waals surface area contributed by atoms with Gasteiger partial charge in [0, 0.05) is 0 Å². The summed E-state index contributed by atoms with van der Waals surface area (Å²) >= 11 is 0.884. The van der Waals surface area contributed by atoms with Gasteiger partial charge in [0.25, 0.3) is 0 Å². The Morgan fingerprint density at radius 1 is 1.07 bits per heavy atom. The smallest absolute Gasteiger partial charge is 0.398 e. The minimum absolute atomic E-state index is 0.884. The van der Waals surface area contributed by atoms with Crippen molar-refractivity contribution in [3.63, 3.8) is 0 Å². The second-order valence-electron chi connectivity index (χ2n) is 1.99. The lowest BCUT2D eigenvalue weighted by Crippen LogP contribution is -2.43. The molecule has 0 amide bonds. The summed E-state index contributed by atoms with van der Waals surface area (Å²) in [7, 11) is 0. The molecule has 0 heterocycles. The number of hydrogen-bond donors (Lipinski definition) is 0. The Balaban J connectivity index is 4.74. The van der Waals surface area contributed by atoms with Crippen molar-refractivity contribution in [1.29, 1.82) is 0 Å². The number of hydrogen-bond acceptors (Lipinski definition) is 1. The van der Waals surface area contributed by atoms with Gasteiger partial charge in [0.1, 0.15) is 0 Å². The van der Waals surface area contributed by atoms with E-state index in [-0.39, 0.29) is 0 Å². The summed E-state index contributed by atoms with van der Waals surface area (Å²) in [4.78, 5) is 0. The number of ether oxygens (including phenoxy) is 1. The van der Waals surface area contributed by atoms with Crippen molar-refractivity contribution >= 4 is 22.6 Å².